The van der Waals surface area contributed by atoms with Crippen molar-refractivity contribution in [3.05, 3.63) is 107 Å². The average Bonchev–Trinajstić information content (AvgIpc) is 3.25. The number of piperazine rings is 1. The van der Waals surface area contributed by atoms with Gasteiger partial charge < -0.3 is 15.1 Å². The summed E-state index contributed by atoms with van der Waals surface area (Å²) in [4.78, 5) is 43.5. The number of carbonyl (C=O) groups is 3. The zero-order chi connectivity index (χ0) is 25.9. The third kappa shape index (κ3) is 5.03. The number of fused-ring (bicyclic) bond motifs is 1. The van der Waals surface area contributed by atoms with Crippen molar-refractivity contribution < 1.29 is 14.4 Å². The van der Waals surface area contributed by atoms with Crippen molar-refractivity contribution in [2.45, 2.75) is 25.3 Å². The number of amides is 4. The highest BCUT2D eigenvalue weighted by Crippen LogP contribution is 2.36. The molecule has 3 aromatic rings. The van der Waals surface area contributed by atoms with Crippen LogP contribution in [0.4, 0.5) is 4.79 Å². The molecule has 190 valence electrons. The third-order valence-electron chi connectivity index (χ3n) is 6.86. The molecule has 3 aromatic carbocycles. The van der Waals surface area contributed by atoms with Crippen molar-refractivity contribution in [2.24, 2.45) is 0 Å². The Kier molecular flexibility index (Phi) is 7.12. The van der Waals surface area contributed by atoms with Gasteiger partial charge in [-0.3, -0.25) is 14.6 Å². The molecule has 0 saturated carbocycles. The van der Waals surface area contributed by atoms with E-state index in [-0.39, 0.29) is 30.9 Å². The highest BCUT2D eigenvalue weighted by atomic mass is 35.5. The molecule has 2 aliphatic rings. The van der Waals surface area contributed by atoms with E-state index in [1.54, 1.807) is 27.9 Å². The number of hydrogen-bond acceptors (Lipinski definition) is 4. The van der Waals surface area contributed by atoms with E-state index in [0.29, 0.717) is 18.1 Å². The second kappa shape index (κ2) is 10.6. The minimum Gasteiger partial charge on any atom is -0.333 e. The normalized spacial score (nSPS) is 19.6. The van der Waals surface area contributed by atoms with Crippen molar-refractivity contribution in [3.8, 4) is 0 Å². The van der Waals surface area contributed by atoms with Gasteiger partial charge in [0.1, 0.15) is 12.2 Å². The molecule has 37 heavy (non-hydrogen) atoms. The maximum atomic E-state index is 13.8. The van der Waals surface area contributed by atoms with Crippen LogP contribution in [0.1, 0.15) is 22.7 Å². The predicted octanol–water partition coefficient (Wildman–Crippen LogP) is 3.65. The molecular formula is C28H28ClN5O3. The number of halogens is 1. The van der Waals surface area contributed by atoms with E-state index in [0.717, 1.165) is 16.7 Å². The van der Waals surface area contributed by atoms with Gasteiger partial charge in [-0.15, -0.1) is 0 Å². The van der Waals surface area contributed by atoms with Gasteiger partial charge in [-0.05, 0) is 22.8 Å². The molecule has 2 atom stereocenters. The van der Waals surface area contributed by atoms with Crippen molar-refractivity contribution in [2.75, 3.05) is 20.1 Å². The Hall–Kier alpha value is -3.88. The van der Waals surface area contributed by atoms with Crippen LogP contribution in [-0.4, -0.2) is 64.0 Å². The molecular weight excluding hydrogens is 490 g/mol. The summed E-state index contributed by atoms with van der Waals surface area (Å²) in [5.41, 5.74) is 2.53. The topological polar surface area (TPSA) is 76.2 Å². The Balaban J connectivity index is 1.42. The van der Waals surface area contributed by atoms with Gasteiger partial charge in [0.2, 0.25) is 5.91 Å². The Morgan fingerprint density at radius 1 is 0.973 bits per heavy atom. The second-order valence-electron chi connectivity index (χ2n) is 9.17. The average molecular weight is 518 g/mol. The standard InChI is InChI=1S/C28H28ClN5O3/c1-31(28(37)30-16-20-10-4-2-5-11-20)33-19-25(35)34-24(33)18-32(17-22-14-8-9-15-23(22)29)27(36)26(34)21-12-6-3-7-13-21/h2-15,24,26H,16-19H2,1H3,(H,30,37)/t24-,26+/m1/s1. The molecule has 2 aliphatic heterocycles. The zero-order valence-corrected chi connectivity index (χ0v) is 21.2. The summed E-state index contributed by atoms with van der Waals surface area (Å²) in [6, 6.07) is 25.2. The molecule has 0 radical (unpaired) electrons. The Morgan fingerprint density at radius 2 is 1.62 bits per heavy atom. The van der Waals surface area contributed by atoms with E-state index >= 15 is 0 Å². The molecule has 1 N–H and O–H groups in total. The first-order chi connectivity index (χ1) is 17.9. The Labute approximate surface area is 221 Å². The van der Waals surface area contributed by atoms with E-state index in [2.05, 4.69) is 5.32 Å². The fraction of sp³-hybridized carbons (Fsp3) is 0.250. The predicted molar refractivity (Wildman–Crippen MR) is 140 cm³/mol. The first-order valence-corrected chi connectivity index (χ1v) is 12.5. The molecule has 0 bridgehead atoms. The van der Waals surface area contributed by atoms with E-state index in [1.807, 2.05) is 78.9 Å². The van der Waals surface area contributed by atoms with Gasteiger partial charge in [0, 0.05) is 25.2 Å². The molecule has 4 amide bonds. The zero-order valence-electron chi connectivity index (χ0n) is 20.5. The van der Waals surface area contributed by atoms with E-state index in [4.69, 9.17) is 11.6 Å². The fourth-order valence-electron chi connectivity index (χ4n) is 4.94. The summed E-state index contributed by atoms with van der Waals surface area (Å²) in [7, 11) is 1.64. The van der Waals surface area contributed by atoms with E-state index < -0.39 is 12.2 Å². The minimum atomic E-state index is -0.791. The number of rotatable bonds is 6. The first-order valence-electron chi connectivity index (χ1n) is 12.1. The molecule has 0 aromatic heterocycles. The summed E-state index contributed by atoms with van der Waals surface area (Å²) >= 11 is 6.41. The van der Waals surface area contributed by atoms with Crippen LogP contribution in [0, 0.1) is 0 Å². The molecule has 0 spiro atoms. The molecule has 8 nitrogen and oxygen atoms in total. The molecule has 2 saturated heterocycles. The van der Waals surface area contributed by atoms with Gasteiger partial charge in [-0.1, -0.05) is 90.5 Å². The lowest BCUT2D eigenvalue weighted by atomic mass is 10.00. The number of hydrogen-bond donors (Lipinski definition) is 1. The second-order valence-corrected chi connectivity index (χ2v) is 9.58. The van der Waals surface area contributed by atoms with Gasteiger partial charge in [0.05, 0.1) is 13.1 Å². The highest BCUT2D eigenvalue weighted by molar-refractivity contribution is 6.31. The number of nitrogens with one attached hydrogen (secondary N) is 1. The summed E-state index contributed by atoms with van der Waals surface area (Å²) in [5, 5.41) is 6.66. The maximum absolute atomic E-state index is 13.8. The molecule has 5 rings (SSSR count). The number of nitrogens with zero attached hydrogens (tertiary/aromatic N) is 4. The van der Waals surface area contributed by atoms with Crippen LogP contribution in [0.15, 0.2) is 84.9 Å². The quantitative estimate of drug-likeness (QED) is 0.541. The maximum Gasteiger partial charge on any atom is 0.332 e. The van der Waals surface area contributed by atoms with E-state index in [1.165, 1.54) is 5.01 Å². The number of carbonyl (C=O) groups excluding carboxylic acids is 3. The molecule has 2 fully saturated rings. The van der Waals surface area contributed by atoms with Crippen molar-refractivity contribution in [1.82, 2.24) is 25.1 Å². The highest BCUT2D eigenvalue weighted by Gasteiger charge is 2.52. The summed E-state index contributed by atoms with van der Waals surface area (Å²) in [5.74, 6) is -0.374. The van der Waals surface area contributed by atoms with Gasteiger partial charge in [-0.2, -0.15) is 5.01 Å². The van der Waals surface area contributed by atoms with Crippen LogP contribution in [0.3, 0.4) is 0 Å². The molecule has 0 aliphatic carbocycles. The van der Waals surface area contributed by atoms with Crippen LogP contribution >= 0.6 is 11.6 Å². The Morgan fingerprint density at radius 3 is 2.32 bits per heavy atom. The van der Waals surface area contributed by atoms with Crippen LogP contribution in [-0.2, 0) is 22.7 Å². The van der Waals surface area contributed by atoms with Crippen molar-refractivity contribution in [1.29, 1.82) is 0 Å². The number of benzene rings is 3. The number of urea groups is 1. The first kappa shape index (κ1) is 24.8. The van der Waals surface area contributed by atoms with Gasteiger partial charge >= 0.3 is 6.03 Å². The van der Waals surface area contributed by atoms with E-state index in [9.17, 15) is 14.4 Å². The van der Waals surface area contributed by atoms with Crippen molar-refractivity contribution in [3.63, 3.8) is 0 Å². The largest absolute Gasteiger partial charge is 0.333 e. The fourth-order valence-corrected chi connectivity index (χ4v) is 5.13. The van der Waals surface area contributed by atoms with Crippen LogP contribution in [0.2, 0.25) is 5.02 Å². The smallest absolute Gasteiger partial charge is 0.332 e. The van der Waals surface area contributed by atoms with Gasteiger partial charge in [-0.25, -0.2) is 4.79 Å². The SMILES string of the molecule is CN(C(=O)NCc1ccccc1)N1CC(=O)N2[C@@H](c3ccccc3)C(=O)N(Cc3ccccc3Cl)C[C@@H]21. The van der Waals surface area contributed by atoms with Gasteiger partial charge in [0.15, 0.2) is 0 Å². The van der Waals surface area contributed by atoms with Crippen molar-refractivity contribution >= 4 is 29.4 Å². The third-order valence-corrected chi connectivity index (χ3v) is 7.23. The Bertz CT molecular complexity index is 1290. The van der Waals surface area contributed by atoms with Crippen LogP contribution in [0.5, 0.6) is 0 Å². The van der Waals surface area contributed by atoms with Gasteiger partial charge in [0.25, 0.3) is 5.91 Å². The lowest BCUT2D eigenvalue weighted by molar-refractivity contribution is -0.157. The summed E-state index contributed by atoms with van der Waals surface area (Å²) < 4.78 is 0. The monoisotopic (exact) mass is 517 g/mol. The lowest BCUT2D eigenvalue weighted by Crippen LogP contribution is -2.62. The summed E-state index contributed by atoms with van der Waals surface area (Å²) in [6.07, 6.45) is -0.509. The molecule has 2 heterocycles. The van der Waals surface area contributed by atoms with Crippen LogP contribution in [0.25, 0.3) is 0 Å². The number of hydrazine groups is 1. The summed E-state index contributed by atoms with van der Waals surface area (Å²) in [6.45, 7) is 0.911. The van der Waals surface area contributed by atoms with Crippen LogP contribution < -0.4 is 5.32 Å². The lowest BCUT2D eigenvalue weighted by Gasteiger charge is -2.45. The molecule has 9 heteroatoms. The molecule has 0 unspecified atom stereocenters. The minimum absolute atomic E-state index is 0.00350.